The van der Waals surface area contributed by atoms with Crippen LogP contribution in [0.3, 0.4) is 0 Å². The van der Waals surface area contributed by atoms with Crippen molar-refractivity contribution in [3.63, 3.8) is 0 Å². The molecule has 3 saturated carbocycles. The topological polar surface area (TPSA) is 52.7 Å². The van der Waals surface area contributed by atoms with Crippen LogP contribution in [0.2, 0.25) is 0 Å². The van der Waals surface area contributed by atoms with Crippen molar-refractivity contribution in [3.05, 3.63) is 0 Å². The van der Waals surface area contributed by atoms with E-state index in [1.54, 1.807) is 0 Å². The number of carbonyl (C=O) groups is 2. The monoisotopic (exact) mass is 305 g/mol. The van der Waals surface area contributed by atoms with Gasteiger partial charge in [0, 0.05) is 38.1 Å². The Hall–Kier alpha value is -1.10. The number of rotatable bonds is 6. The molecule has 22 heavy (non-hydrogen) atoms. The first-order valence-corrected chi connectivity index (χ1v) is 9.01. The SMILES string of the molecule is O=C(CN1CCN(C(=O)C2CC2)CC1)NC(C1CC1)C1CC1. The molecule has 1 heterocycles. The Morgan fingerprint density at radius 1 is 0.909 bits per heavy atom. The third-order valence-electron chi connectivity index (χ3n) is 5.57. The van der Waals surface area contributed by atoms with Crippen molar-refractivity contribution in [3.8, 4) is 0 Å². The van der Waals surface area contributed by atoms with Gasteiger partial charge >= 0.3 is 0 Å². The Morgan fingerprint density at radius 3 is 2.00 bits per heavy atom. The second-order valence-corrected chi connectivity index (χ2v) is 7.64. The van der Waals surface area contributed by atoms with Crippen LogP contribution in [0.5, 0.6) is 0 Å². The summed E-state index contributed by atoms with van der Waals surface area (Å²) in [5.41, 5.74) is 0. The molecule has 0 bridgehead atoms. The highest BCUT2D eigenvalue weighted by atomic mass is 16.2. The van der Waals surface area contributed by atoms with Crippen molar-refractivity contribution in [1.82, 2.24) is 15.1 Å². The van der Waals surface area contributed by atoms with Crippen LogP contribution < -0.4 is 5.32 Å². The number of amides is 2. The average molecular weight is 305 g/mol. The van der Waals surface area contributed by atoms with Gasteiger partial charge < -0.3 is 10.2 Å². The van der Waals surface area contributed by atoms with Gasteiger partial charge in [-0.15, -0.1) is 0 Å². The first-order valence-electron chi connectivity index (χ1n) is 9.01. The van der Waals surface area contributed by atoms with Gasteiger partial charge in [0.15, 0.2) is 0 Å². The van der Waals surface area contributed by atoms with Crippen molar-refractivity contribution in [1.29, 1.82) is 0 Å². The lowest BCUT2D eigenvalue weighted by atomic mass is 10.1. The minimum absolute atomic E-state index is 0.186. The molecule has 122 valence electrons. The van der Waals surface area contributed by atoms with Crippen LogP contribution in [0.25, 0.3) is 0 Å². The summed E-state index contributed by atoms with van der Waals surface area (Å²) in [5.74, 6) is 2.35. The summed E-state index contributed by atoms with van der Waals surface area (Å²) >= 11 is 0. The summed E-state index contributed by atoms with van der Waals surface area (Å²) in [6.07, 6.45) is 7.33. The normalized spacial score (nSPS) is 26.3. The van der Waals surface area contributed by atoms with E-state index in [0.717, 1.165) is 50.9 Å². The highest BCUT2D eigenvalue weighted by molar-refractivity contribution is 5.81. The van der Waals surface area contributed by atoms with Crippen LogP contribution in [0.15, 0.2) is 0 Å². The van der Waals surface area contributed by atoms with Crippen LogP contribution in [0.1, 0.15) is 38.5 Å². The summed E-state index contributed by atoms with van der Waals surface area (Å²) < 4.78 is 0. The Labute approximate surface area is 132 Å². The molecule has 0 atom stereocenters. The van der Waals surface area contributed by atoms with E-state index >= 15 is 0 Å². The van der Waals surface area contributed by atoms with Gasteiger partial charge in [-0.2, -0.15) is 0 Å². The van der Waals surface area contributed by atoms with Crippen molar-refractivity contribution in [2.24, 2.45) is 17.8 Å². The second-order valence-electron chi connectivity index (χ2n) is 7.64. The van der Waals surface area contributed by atoms with E-state index < -0.39 is 0 Å². The highest BCUT2D eigenvalue weighted by Crippen LogP contribution is 2.44. The molecule has 0 spiro atoms. The van der Waals surface area contributed by atoms with E-state index in [0.29, 0.717) is 24.4 Å². The first kappa shape index (κ1) is 14.5. The molecule has 0 radical (unpaired) electrons. The maximum Gasteiger partial charge on any atom is 0.234 e. The molecule has 1 N–H and O–H groups in total. The maximum absolute atomic E-state index is 12.3. The Balaban J connectivity index is 1.20. The van der Waals surface area contributed by atoms with Gasteiger partial charge in [-0.05, 0) is 50.4 Å². The molecule has 0 unspecified atom stereocenters. The third kappa shape index (κ3) is 3.45. The fourth-order valence-electron chi connectivity index (χ4n) is 3.68. The molecule has 0 aromatic carbocycles. The zero-order valence-electron chi connectivity index (χ0n) is 13.3. The van der Waals surface area contributed by atoms with Gasteiger partial charge in [0.2, 0.25) is 11.8 Å². The van der Waals surface area contributed by atoms with Gasteiger partial charge in [0.05, 0.1) is 6.54 Å². The van der Waals surface area contributed by atoms with Crippen molar-refractivity contribution in [2.45, 2.75) is 44.6 Å². The third-order valence-corrected chi connectivity index (χ3v) is 5.57. The predicted molar refractivity (Wildman–Crippen MR) is 83.1 cm³/mol. The number of nitrogens with one attached hydrogen (secondary N) is 1. The summed E-state index contributed by atoms with van der Waals surface area (Å²) in [4.78, 5) is 28.5. The number of hydrogen-bond acceptors (Lipinski definition) is 3. The zero-order valence-corrected chi connectivity index (χ0v) is 13.3. The molecule has 4 fully saturated rings. The Kier molecular flexibility index (Phi) is 3.84. The van der Waals surface area contributed by atoms with E-state index in [-0.39, 0.29) is 5.91 Å². The molecule has 4 aliphatic rings. The fraction of sp³-hybridized carbons (Fsp3) is 0.882. The van der Waals surface area contributed by atoms with Gasteiger partial charge in [0.25, 0.3) is 0 Å². The predicted octanol–water partition coefficient (Wildman–Crippen LogP) is 0.845. The van der Waals surface area contributed by atoms with Crippen LogP contribution in [0.4, 0.5) is 0 Å². The van der Waals surface area contributed by atoms with E-state index in [4.69, 9.17) is 0 Å². The summed E-state index contributed by atoms with van der Waals surface area (Å²) in [6, 6.07) is 0.449. The molecule has 3 aliphatic carbocycles. The van der Waals surface area contributed by atoms with Gasteiger partial charge in [-0.1, -0.05) is 0 Å². The minimum Gasteiger partial charge on any atom is -0.352 e. The molecular formula is C17H27N3O2. The lowest BCUT2D eigenvalue weighted by molar-refractivity contribution is -0.134. The first-order chi connectivity index (χ1) is 10.7. The second kappa shape index (κ2) is 5.84. The molecule has 5 nitrogen and oxygen atoms in total. The molecule has 2 amide bonds. The van der Waals surface area contributed by atoms with Gasteiger partial charge in [-0.25, -0.2) is 0 Å². The van der Waals surface area contributed by atoms with Crippen LogP contribution in [0, 0.1) is 17.8 Å². The standard InChI is InChI=1S/C17H27N3O2/c21-15(18-16(12-1-2-12)13-3-4-13)11-19-7-9-20(10-8-19)17(22)14-5-6-14/h12-14,16H,1-11H2,(H,18,21). The number of hydrogen-bond donors (Lipinski definition) is 1. The molecule has 5 heteroatoms. The van der Waals surface area contributed by atoms with Gasteiger partial charge in [0.1, 0.15) is 0 Å². The Bertz CT molecular complexity index is 435. The van der Waals surface area contributed by atoms with Crippen LogP contribution >= 0.6 is 0 Å². The quantitative estimate of drug-likeness (QED) is 0.791. The van der Waals surface area contributed by atoms with E-state index in [1.807, 2.05) is 4.90 Å². The number of carbonyl (C=O) groups excluding carboxylic acids is 2. The number of piperazine rings is 1. The van der Waals surface area contributed by atoms with Crippen molar-refractivity contribution >= 4 is 11.8 Å². The van der Waals surface area contributed by atoms with E-state index in [1.165, 1.54) is 25.7 Å². The maximum atomic E-state index is 12.3. The molecule has 1 saturated heterocycles. The number of nitrogens with zero attached hydrogens (tertiary/aromatic N) is 2. The molecule has 1 aliphatic heterocycles. The molecule has 0 aromatic heterocycles. The largest absolute Gasteiger partial charge is 0.352 e. The van der Waals surface area contributed by atoms with Gasteiger partial charge in [-0.3, -0.25) is 14.5 Å². The summed E-state index contributed by atoms with van der Waals surface area (Å²) in [7, 11) is 0. The average Bonchev–Trinajstić information content (AvgIpc) is 3.42. The van der Waals surface area contributed by atoms with Crippen molar-refractivity contribution in [2.75, 3.05) is 32.7 Å². The Morgan fingerprint density at radius 2 is 1.50 bits per heavy atom. The molecule has 0 aromatic rings. The highest BCUT2D eigenvalue weighted by Gasteiger charge is 2.42. The lowest BCUT2D eigenvalue weighted by Gasteiger charge is -2.34. The summed E-state index contributed by atoms with van der Waals surface area (Å²) in [5, 5.41) is 3.29. The van der Waals surface area contributed by atoms with E-state index in [2.05, 4.69) is 10.2 Å². The van der Waals surface area contributed by atoms with Crippen LogP contribution in [-0.4, -0.2) is 60.4 Å². The van der Waals surface area contributed by atoms with E-state index in [9.17, 15) is 9.59 Å². The fourth-order valence-corrected chi connectivity index (χ4v) is 3.68. The zero-order chi connectivity index (χ0) is 15.1. The molecule has 4 rings (SSSR count). The van der Waals surface area contributed by atoms with Crippen LogP contribution in [-0.2, 0) is 9.59 Å². The molecular weight excluding hydrogens is 278 g/mol. The summed E-state index contributed by atoms with van der Waals surface area (Å²) in [6.45, 7) is 3.75. The smallest absolute Gasteiger partial charge is 0.234 e. The minimum atomic E-state index is 0.186. The lowest BCUT2D eigenvalue weighted by Crippen LogP contribution is -2.52. The van der Waals surface area contributed by atoms with Crippen molar-refractivity contribution < 1.29 is 9.59 Å².